The number of hydrogen-bond donors (Lipinski definition) is 0. The maximum Gasteiger partial charge on any atom is -0.0175 e. The van der Waals surface area contributed by atoms with E-state index in [1.165, 1.54) is 176 Å². The molecule has 0 bridgehead atoms. The Morgan fingerprint density at radius 1 is 0.262 bits per heavy atom. The second-order valence-corrected chi connectivity index (χ2v) is 13.4. The lowest BCUT2D eigenvalue weighted by Crippen LogP contribution is -1.98. The molecule has 0 spiro atoms. The minimum Gasteiger partial charge on any atom is -0.0654 e. The normalized spacial score (nSPS) is 11.7. The Bertz CT molecular complexity index is 959. The Hall–Kier alpha value is -1.82. The highest BCUT2D eigenvalue weighted by molar-refractivity contribution is 5.99. The molecule has 0 atom stereocenters. The van der Waals surface area contributed by atoms with Crippen molar-refractivity contribution in [3.8, 4) is 0 Å². The molecule has 0 radical (unpaired) electrons. The van der Waals surface area contributed by atoms with Crippen LogP contribution in [0.25, 0.3) is 21.5 Å². The third-order valence-electron chi connectivity index (χ3n) is 9.63. The van der Waals surface area contributed by atoms with E-state index < -0.39 is 0 Å². The summed E-state index contributed by atoms with van der Waals surface area (Å²) in [5.41, 5.74) is 6.53. The average molecular weight is 571 g/mol. The molecule has 42 heavy (non-hydrogen) atoms. The van der Waals surface area contributed by atoms with E-state index in [-0.39, 0.29) is 0 Å². The predicted octanol–water partition coefficient (Wildman–Crippen LogP) is 14.0. The summed E-state index contributed by atoms with van der Waals surface area (Å²) in [6.07, 6.45) is 32.3. The second-order valence-electron chi connectivity index (χ2n) is 13.4. The van der Waals surface area contributed by atoms with Gasteiger partial charge in [-0.2, -0.15) is 0 Å². The van der Waals surface area contributed by atoms with Gasteiger partial charge in [0.25, 0.3) is 0 Å². The van der Waals surface area contributed by atoms with E-state index >= 15 is 0 Å². The molecule has 0 aliphatic carbocycles. The maximum atomic E-state index is 2.59. The summed E-state index contributed by atoms with van der Waals surface area (Å²) in [5, 5.41) is 5.84. The van der Waals surface area contributed by atoms with Crippen LogP contribution in [0.5, 0.6) is 0 Å². The zero-order chi connectivity index (χ0) is 29.8. The van der Waals surface area contributed by atoms with Gasteiger partial charge in [-0.15, -0.1) is 0 Å². The van der Waals surface area contributed by atoms with Gasteiger partial charge in [0, 0.05) is 0 Å². The lowest BCUT2D eigenvalue weighted by Gasteiger charge is -2.15. The van der Waals surface area contributed by atoms with Crippen molar-refractivity contribution < 1.29 is 0 Å². The van der Waals surface area contributed by atoms with Gasteiger partial charge in [-0.25, -0.2) is 0 Å². The van der Waals surface area contributed by atoms with E-state index in [2.05, 4.69) is 64.1 Å². The van der Waals surface area contributed by atoms with E-state index in [9.17, 15) is 0 Å². The van der Waals surface area contributed by atoms with Crippen LogP contribution in [0.3, 0.4) is 0 Å². The van der Waals surface area contributed by atoms with E-state index in [4.69, 9.17) is 0 Å². The molecule has 0 saturated carbocycles. The summed E-state index contributed by atoms with van der Waals surface area (Å²) < 4.78 is 0. The number of rotatable bonds is 24. The fourth-order valence-electron chi connectivity index (χ4n) is 6.90. The molecule has 0 unspecified atom stereocenters. The molecule has 0 fully saturated rings. The first kappa shape index (κ1) is 34.7. The Morgan fingerprint density at radius 2 is 0.476 bits per heavy atom. The molecule has 0 amide bonds. The monoisotopic (exact) mass is 571 g/mol. The van der Waals surface area contributed by atoms with Gasteiger partial charge in [0.05, 0.1) is 0 Å². The molecule has 0 heteroatoms. The zero-order valence-corrected chi connectivity index (χ0v) is 28.4. The highest BCUT2D eigenvalue weighted by Crippen LogP contribution is 2.31. The van der Waals surface area contributed by atoms with Gasteiger partial charge < -0.3 is 0 Å². The zero-order valence-electron chi connectivity index (χ0n) is 28.4. The van der Waals surface area contributed by atoms with Crippen molar-refractivity contribution in [2.45, 2.75) is 182 Å². The fourth-order valence-corrected chi connectivity index (χ4v) is 6.90. The standard InChI is InChI=1S/C42H66/c1-5-9-13-17-21-25-35-29-39-33-41-31-37(27-23-19-15-11-7-3)38(28-24-20-16-12-8-4)32-42(41)34-40(39)30-36(35)26-22-18-14-10-6-2/h29-34H,5-28H2,1-4H3. The van der Waals surface area contributed by atoms with Gasteiger partial charge in [0.15, 0.2) is 0 Å². The van der Waals surface area contributed by atoms with Crippen molar-refractivity contribution >= 4 is 21.5 Å². The summed E-state index contributed by atoms with van der Waals surface area (Å²) in [4.78, 5) is 0. The molecule has 234 valence electrons. The summed E-state index contributed by atoms with van der Waals surface area (Å²) in [6, 6.07) is 15.4. The van der Waals surface area contributed by atoms with Crippen LogP contribution in [-0.4, -0.2) is 0 Å². The fraction of sp³-hybridized carbons (Fsp3) is 0.667. The van der Waals surface area contributed by atoms with Gasteiger partial charge in [0.1, 0.15) is 0 Å². The number of fused-ring (bicyclic) bond motifs is 2. The summed E-state index contributed by atoms with van der Waals surface area (Å²) in [7, 11) is 0. The third kappa shape index (κ3) is 12.1. The summed E-state index contributed by atoms with van der Waals surface area (Å²) >= 11 is 0. The third-order valence-corrected chi connectivity index (χ3v) is 9.63. The molecule has 3 aromatic carbocycles. The Labute approximate surface area is 261 Å². The average Bonchev–Trinajstić information content (AvgIpc) is 2.99. The highest BCUT2D eigenvalue weighted by Gasteiger charge is 2.11. The van der Waals surface area contributed by atoms with Crippen LogP contribution in [0, 0.1) is 0 Å². The van der Waals surface area contributed by atoms with Crippen LogP contribution in [-0.2, 0) is 25.7 Å². The molecular weight excluding hydrogens is 504 g/mol. The van der Waals surface area contributed by atoms with E-state index in [1.54, 1.807) is 22.3 Å². The quantitative estimate of drug-likeness (QED) is 0.0742. The second kappa shape index (κ2) is 21.0. The summed E-state index contributed by atoms with van der Waals surface area (Å²) in [6.45, 7) is 9.27. The van der Waals surface area contributed by atoms with Crippen LogP contribution < -0.4 is 0 Å². The molecule has 0 aromatic heterocycles. The largest absolute Gasteiger partial charge is 0.0654 e. The van der Waals surface area contributed by atoms with Crippen molar-refractivity contribution in [3.05, 3.63) is 58.7 Å². The lowest BCUT2D eigenvalue weighted by atomic mass is 9.89. The molecule has 0 aliphatic rings. The lowest BCUT2D eigenvalue weighted by molar-refractivity contribution is 0.621. The van der Waals surface area contributed by atoms with Crippen LogP contribution >= 0.6 is 0 Å². The molecule has 0 aliphatic heterocycles. The first-order chi connectivity index (χ1) is 20.7. The first-order valence-electron chi connectivity index (χ1n) is 18.7. The summed E-state index contributed by atoms with van der Waals surface area (Å²) in [5.74, 6) is 0. The van der Waals surface area contributed by atoms with Crippen LogP contribution in [0.2, 0.25) is 0 Å². The smallest absolute Gasteiger partial charge is 0.0175 e. The number of unbranched alkanes of at least 4 members (excludes halogenated alkanes) is 16. The van der Waals surface area contributed by atoms with Gasteiger partial charge in [-0.05, 0) is 107 Å². The molecule has 0 nitrogen and oxygen atoms in total. The van der Waals surface area contributed by atoms with Crippen molar-refractivity contribution in [1.29, 1.82) is 0 Å². The van der Waals surface area contributed by atoms with Gasteiger partial charge in [-0.3, -0.25) is 0 Å². The number of aryl methyl sites for hydroxylation is 4. The van der Waals surface area contributed by atoms with E-state index in [0.717, 1.165) is 0 Å². The van der Waals surface area contributed by atoms with Crippen molar-refractivity contribution in [2.75, 3.05) is 0 Å². The van der Waals surface area contributed by atoms with Gasteiger partial charge in [0.2, 0.25) is 0 Å². The molecular formula is C42H66. The van der Waals surface area contributed by atoms with Crippen LogP contribution in [0.15, 0.2) is 36.4 Å². The molecule has 0 saturated heterocycles. The maximum absolute atomic E-state index is 2.59. The van der Waals surface area contributed by atoms with E-state index in [1.807, 2.05) is 0 Å². The van der Waals surface area contributed by atoms with Crippen molar-refractivity contribution in [2.24, 2.45) is 0 Å². The van der Waals surface area contributed by atoms with Gasteiger partial charge in [-0.1, -0.05) is 155 Å². The highest BCUT2D eigenvalue weighted by atomic mass is 14.2. The Balaban J connectivity index is 1.87. The molecule has 0 N–H and O–H groups in total. The van der Waals surface area contributed by atoms with Crippen molar-refractivity contribution in [1.82, 2.24) is 0 Å². The van der Waals surface area contributed by atoms with E-state index in [0.29, 0.717) is 0 Å². The van der Waals surface area contributed by atoms with Crippen LogP contribution in [0.1, 0.15) is 178 Å². The molecule has 0 heterocycles. The van der Waals surface area contributed by atoms with Crippen LogP contribution in [0.4, 0.5) is 0 Å². The first-order valence-corrected chi connectivity index (χ1v) is 18.7. The number of benzene rings is 3. The Morgan fingerprint density at radius 3 is 0.690 bits per heavy atom. The minimum absolute atomic E-state index is 1.25. The topological polar surface area (TPSA) is 0 Å². The SMILES string of the molecule is CCCCCCCc1cc2cc3cc(CCCCCCC)c(CCCCCCC)cc3cc2cc1CCCCCCC. The Kier molecular flexibility index (Phi) is 17.3. The molecule has 3 aromatic rings. The van der Waals surface area contributed by atoms with Crippen molar-refractivity contribution in [3.63, 3.8) is 0 Å². The number of hydrogen-bond acceptors (Lipinski definition) is 0. The van der Waals surface area contributed by atoms with Gasteiger partial charge >= 0.3 is 0 Å². The minimum atomic E-state index is 1.25. The predicted molar refractivity (Wildman–Crippen MR) is 191 cm³/mol. The molecule has 3 rings (SSSR count).